The maximum Gasteiger partial charge on any atom is 0.256 e. The molecule has 0 spiro atoms. The van der Waals surface area contributed by atoms with Crippen molar-refractivity contribution in [2.45, 2.75) is 5.16 Å². The van der Waals surface area contributed by atoms with E-state index >= 15 is 0 Å². The van der Waals surface area contributed by atoms with E-state index in [1.165, 1.54) is 7.11 Å². The highest BCUT2D eigenvalue weighted by atomic mass is 32.2. The van der Waals surface area contributed by atoms with Crippen LogP contribution in [0.2, 0.25) is 0 Å². The smallest absolute Gasteiger partial charge is 0.256 e. The van der Waals surface area contributed by atoms with E-state index in [2.05, 4.69) is 19.2 Å². The third-order valence-electron chi connectivity index (χ3n) is 1.66. The number of para-hydroxylation sites is 2. The van der Waals surface area contributed by atoms with Gasteiger partial charge in [0.15, 0.2) is 0 Å². The number of rotatable bonds is 3. The second kappa shape index (κ2) is 3.87. The van der Waals surface area contributed by atoms with Gasteiger partial charge in [-0.1, -0.05) is 12.1 Å². The molecule has 0 amide bonds. The first kappa shape index (κ1) is 9.32. The normalized spacial score (nSPS) is 13.2. The molecule has 1 atom stereocenters. The molecule has 0 saturated carbocycles. The van der Waals surface area contributed by atoms with Crippen LogP contribution in [0.15, 0.2) is 29.4 Å². The highest BCUT2D eigenvalue weighted by Gasteiger charge is 2.10. The zero-order valence-corrected chi connectivity index (χ0v) is 8.21. The molecule has 0 bridgehead atoms. The number of hydrogen-bond acceptors (Lipinski definition) is 4. The van der Waals surface area contributed by atoms with E-state index in [0.717, 1.165) is 11.0 Å². The van der Waals surface area contributed by atoms with Gasteiger partial charge in [-0.05, 0) is 12.1 Å². The monoisotopic (exact) mass is 212 g/mol. The second-order valence-electron chi connectivity index (χ2n) is 2.53. The molecule has 5 nitrogen and oxygen atoms in total. The molecule has 1 heterocycles. The van der Waals surface area contributed by atoms with E-state index in [4.69, 9.17) is 0 Å². The minimum absolute atomic E-state index is 0.244. The lowest BCUT2D eigenvalue weighted by atomic mass is 10.3. The van der Waals surface area contributed by atoms with Crippen molar-refractivity contribution in [3.8, 4) is 0 Å². The van der Waals surface area contributed by atoms with Gasteiger partial charge >= 0.3 is 0 Å². The first-order valence-corrected chi connectivity index (χ1v) is 4.96. The van der Waals surface area contributed by atoms with E-state index in [-0.39, 0.29) is 5.16 Å². The lowest BCUT2D eigenvalue weighted by Gasteiger charge is -1.92. The summed E-state index contributed by atoms with van der Waals surface area (Å²) in [5.74, 6) is 0. The van der Waals surface area contributed by atoms with Gasteiger partial charge in [-0.15, -0.1) is 4.33 Å². The van der Waals surface area contributed by atoms with Crippen molar-refractivity contribution in [3.05, 3.63) is 24.3 Å². The molecule has 0 radical (unpaired) electrons. The predicted octanol–water partition coefficient (Wildman–Crippen LogP) is 1.16. The first-order valence-electron chi connectivity index (χ1n) is 3.89. The number of hydrogen-bond donors (Lipinski definition) is 1. The summed E-state index contributed by atoms with van der Waals surface area (Å²) in [6.07, 6.45) is 0. The molecule has 0 aliphatic rings. The molecule has 14 heavy (non-hydrogen) atoms. The van der Waals surface area contributed by atoms with Crippen molar-refractivity contribution in [1.29, 1.82) is 0 Å². The predicted molar refractivity (Wildman–Crippen MR) is 50.6 cm³/mol. The number of nitrogens with one attached hydrogen (secondary N) is 1. The van der Waals surface area contributed by atoms with Crippen molar-refractivity contribution in [3.63, 3.8) is 0 Å². The van der Waals surface area contributed by atoms with Gasteiger partial charge in [-0.25, -0.2) is 14.1 Å². The largest absolute Gasteiger partial charge is 0.329 e. The van der Waals surface area contributed by atoms with E-state index in [1.807, 2.05) is 24.3 Å². The van der Waals surface area contributed by atoms with Crippen molar-refractivity contribution < 1.29 is 13.4 Å². The summed E-state index contributed by atoms with van der Waals surface area (Å²) in [7, 11) is 1.29. The molecular weight excluding hydrogens is 204 g/mol. The van der Waals surface area contributed by atoms with Crippen LogP contribution < -0.4 is 0 Å². The summed E-state index contributed by atoms with van der Waals surface area (Å²) in [4.78, 5) is 11.2. The van der Waals surface area contributed by atoms with Crippen LogP contribution in [0.5, 0.6) is 0 Å². The molecule has 1 unspecified atom stereocenters. The maximum absolute atomic E-state index is 11.3. The number of nitrogens with zero attached hydrogens (tertiary/aromatic N) is 1. The number of fused-ring (bicyclic) bond motifs is 1. The second-order valence-corrected chi connectivity index (χ2v) is 3.52. The molecule has 2 aromatic rings. The standard InChI is InChI=1S/C8H8N2O3S/c1-12-13-14(11)8-9-6-4-2-3-5-7(6)10-8/h2-5H,1H3,(H,9,10). The summed E-state index contributed by atoms with van der Waals surface area (Å²) in [5.41, 5.74) is 1.56. The average Bonchev–Trinajstić information content (AvgIpc) is 2.61. The average molecular weight is 212 g/mol. The van der Waals surface area contributed by atoms with Gasteiger partial charge in [0.25, 0.3) is 11.1 Å². The Morgan fingerprint density at radius 2 is 2.21 bits per heavy atom. The molecule has 6 heteroatoms. The SMILES string of the molecule is COOS(=O)c1nc2ccccc2[nH]1. The minimum Gasteiger partial charge on any atom is -0.329 e. The molecule has 1 aromatic heterocycles. The molecule has 1 aromatic carbocycles. The molecular formula is C8H8N2O3S. The quantitative estimate of drug-likeness (QED) is 0.612. The minimum atomic E-state index is -1.70. The molecule has 74 valence electrons. The van der Waals surface area contributed by atoms with Crippen LogP contribution in [-0.4, -0.2) is 21.3 Å². The zero-order valence-electron chi connectivity index (χ0n) is 7.39. The third-order valence-corrected chi connectivity index (χ3v) is 2.42. The fourth-order valence-corrected chi connectivity index (χ4v) is 1.66. The van der Waals surface area contributed by atoms with Gasteiger partial charge in [0, 0.05) is 0 Å². The lowest BCUT2D eigenvalue weighted by Crippen LogP contribution is -1.98. The van der Waals surface area contributed by atoms with Gasteiger partial charge in [-0.2, -0.15) is 0 Å². The third kappa shape index (κ3) is 1.67. The summed E-state index contributed by atoms with van der Waals surface area (Å²) in [6, 6.07) is 7.38. The molecule has 1 N–H and O–H groups in total. The van der Waals surface area contributed by atoms with Crippen LogP contribution in [0, 0.1) is 0 Å². The Hall–Kier alpha value is -1.24. The van der Waals surface area contributed by atoms with Crippen molar-refractivity contribution >= 4 is 22.1 Å². The fourth-order valence-electron chi connectivity index (χ4n) is 1.10. The van der Waals surface area contributed by atoms with E-state index < -0.39 is 11.1 Å². The summed E-state index contributed by atoms with van der Waals surface area (Å²) >= 11 is -1.70. The van der Waals surface area contributed by atoms with E-state index in [1.54, 1.807) is 0 Å². The van der Waals surface area contributed by atoms with Crippen molar-refractivity contribution in [2.24, 2.45) is 0 Å². The molecule has 0 aliphatic carbocycles. The number of benzene rings is 1. The van der Waals surface area contributed by atoms with Gasteiger partial charge in [0.05, 0.1) is 18.1 Å². The summed E-state index contributed by atoms with van der Waals surface area (Å²) in [5, 5.41) is 0.244. The number of aromatic amines is 1. The maximum atomic E-state index is 11.3. The van der Waals surface area contributed by atoms with E-state index in [9.17, 15) is 4.21 Å². The van der Waals surface area contributed by atoms with Crippen LogP contribution in [0.3, 0.4) is 0 Å². The van der Waals surface area contributed by atoms with Crippen LogP contribution in [0.25, 0.3) is 11.0 Å². The van der Waals surface area contributed by atoms with Gasteiger partial charge in [0.1, 0.15) is 0 Å². The highest BCUT2D eigenvalue weighted by Crippen LogP contribution is 2.12. The van der Waals surface area contributed by atoms with Crippen molar-refractivity contribution in [1.82, 2.24) is 9.97 Å². The fraction of sp³-hybridized carbons (Fsp3) is 0.125. The Balaban J connectivity index is 2.40. The number of aromatic nitrogens is 2. The Kier molecular flexibility index (Phi) is 2.58. The highest BCUT2D eigenvalue weighted by molar-refractivity contribution is 7.79. The molecule has 0 aliphatic heterocycles. The zero-order chi connectivity index (χ0) is 9.97. The summed E-state index contributed by atoms with van der Waals surface area (Å²) in [6.45, 7) is 0. The lowest BCUT2D eigenvalue weighted by molar-refractivity contribution is -0.167. The first-order chi connectivity index (χ1) is 6.81. The van der Waals surface area contributed by atoms with E-state index in [0.29, 0.717) is 0 Å². The van der Waals surface area contributed by atoms with Gasteiger partial charge in [0.2, 0.25) is 5.16 Å². The Bertz CT molecular complexity index is 435. The number of imidazole rings is 1. The Labute approximate surface area is 82.6 Å². The van der Waals surface area contributed by atoms with Gasteiger partial charge in [-0.3, -0.25) is 0 Å². The summed E-state index contributed by atoms with van der Waals surface area (Å²) < 4.78 is 15.7. The topological polar surface area (TPSA) is 64.2 Å². The van der Waals surface area contributed by atoms with Crippen LogP contribution >= 0.6 is 0 Å². The molecule has 0 saturated heterocycles. The van der Waals surface area contributed by atoms with Crippen LogP contribution in [0.4, 0.5) is 0 Å². The van der Waals surface area contributed by atoms with Crippen LogP contribution in [-0.2, 0) is 20.3 Å². The Morgan fingerprint density at radius 1 is 1.43 bits per heavy atom. The van der Waals surface area contributed by atoms with Gasteiger partial charge < -0.3 is 4.98 Å². The number of H-pyrrole nitrogens is 1. The Morgan fingerprint density at radius 3 is 2.93 bits per heavy atom. The van der Waals surface area contributed by atoms with Crippen LogP contribution in [0.1, 0.15) is 0 Å². The molecule has 0 fully saturated rings. The molecule has 2 rings (SSSR count). The van der Waals surface area contributed by atoms with Crippen molar-refractivity contribution in [2.75, 3.05) is 7.11 Å².